The molecule has 1 N–H and O–H groups in total. The zero-order chi connectivity index (χ0) is 26.3. The van der Waals surface area contributed by atoms with Crippen LogP contribution in [-0.4, -0.2) is 40.0 Å². The summed E-state index contributed by atoms with van der Waals surface area (Å²) < 4.78 is 32.9. The summed E-state index contributed by atoms with van der Waals surface area (Å²) in [6, 6.07) is 10.1. The van der Waals surface area contributed by atoms with Gasteiger partial charge in [-0.25, -0.2) is 4.98 Å². The van der Waals surface area contributed by atoms with E-state index in [1.54, 1.807) is 24.3 Å². The second kappa shape index (κ2) is 8.22. The third-order valence-electron chi connectivity index (χ3n) is 8.66. The number of likely N-dealkylation sites (N-methyl/N-ethyl adjacent to an activating group) is 1. The lowest BCUT2D eigenvalue weighted by Crippen LogP contribution is -2.48. The van der Waals surface area contributed by atoms with E-state index in [1.807, 2.05) is 48.8 Å². The van der Waals surface area contributed by atoms with Gasteiger partial charge in [0, 0.05) is 36.5 Å². The third-order valence-corrected chi connectivity index (χ3v) is 8.66. The van der Waals surface area contributed by atoms with Crippen molar-refractivity contribution in [3.63, 3.8) is 0 Å². The summed E-state index contributed by atoms with van der Waals surface area (Å²) in [7, 11) is 3.77. The number of fused-ring (bicyclic) bond motifs is 3. The summed E-state index contributed by atoms with van der Waals surface area (Å²) >= 11 is 0. The van der Waals surface area contributed by atoms with Gasteiger partial charge in [0.1, 0.15) is 5.82 Å². The van der Waals surface area contributed by atoms with Crippen LogP contribution in [0.5, 0.6) is 0 Å². The number of carbonyl (C=O) groups excluding carboxylic acids is 1. The highest BCUT2D eigenvalue weighted by Gasteiger charge is 2.55. The number of halogens is 2. The number of carbonyl (C=O) groups is 1. The van der Waals surface area contributed by atoms with E-state index in [2.05, 4.69) is 19.2 Å². The van der Waals surface area contributed by atoms with Crippen LogP contribution in [0, 0.1) is 18.3 Å². The van der Waals surface area contributed by atoms with Crippen LogP contribution in [0.25, 0.3) is 22.4 Å². The number of hydrogen-bond acceptors (Lipinski definition) is 3. The van der Waals surface area contributed by atoms with Crippen LogP contribution in [-0.2, 0) is 17.8 Å². The predicted octanol–water partition coefficient (Wildman–Crippen LogP) is 5.81. The predicted molar refractivity (Wildman–Crippen MR) is 140 cm³/mol. The van der Waals surface area contributed by atoms with E-state index in [4.69, 9.17) is 4.98 Å². The molecule has 0 bridgehead atoms. The van der Waals surface area contributed by atoms with Gasteiger partial charge in [0.15, 0.2) is 0 Å². The molecule has 1 aromatic heterocycles. The van der Waals surface area contributed by atoms with Gasteiger partial charge in [0.2, 0.25) is 5.91 Å². The fourth-order valence-corrected chi connectivity index (χ4v) is 6.40. The Balaban J connectivity index is 1.36. The van der Waals surface area contributed by atoms with Gasteiger partial charge in [-0.3, -0.25) is 4.79 Å². The number of nitrogens with zero attached hydrogens (tertiary/aromatic N) is 3. The Bertz CT molecular complexity index is 1400. The number of likely N-dealkylation sites (tertiary alicyclic amines) is 1. The van der Waals surface area contributed by atoms with Gasteiger partial charge in [-0.1, -0.05) is 43.7 Å². The van der Waals surface area contributed by atoms with Crippen molar-refractivity contribution in [2.45, 2.75) is 58.0 Å². The van der Waals surface area contributed by atoms with Crippen LogP contribution in [0.2, 0.25) is 0 Å². The van der Waals surface area contributed by atoms with E-state index in [0.717, 1.165) is 37.2 Å². The monoisotopic (exact) mass is 504 g/mol. The van der Waals surface area contributed by atoms with Crippen LogP contribution in [0.3, 0.4) is 0 Å². The lowest BCUT2D eigenvalue weighted by atomic mass is 10.0. The first-order valence-corrected chi connectivity index (χ1v) is 13.2. The molecule has 2 aromatic carbocycles. The smallest absolute Gasteiger partial charge is 0.299 e. The van der Waals surface area contributed by atoms with Crippen LogP contribution in [0.1, 0.15) is 61.7 Å². The quantitative estimate of drug-likeness (QED) is 0.477. The first-order chi connectivity index (χ1) is 17.5. The van der Waals surface area contributed by atoms with Gasteiger partial charge < -0.3 is 14.8 Å². The zero-order valence-electron chi connectivity index (χ0n) is 22.1. The Morgan fingerprint density at radius 2 is 1.78 bits per heavy atom. The minimum atomic E-state index is -3.05. The lowest BCUT2D eigenvalue weighted by Gasteiger charge is -2.30. The van der Waals surface area contributed by atoms with Gasteiger partial charge >= 0.3 is 0 Å². The summed E-state index contributed by atoms with van der Waals surface area (Å²) in [6.07, 6.45) is 5.07. The molecular weight excluding hydrogens is 470 g/mol. The summed E-state index contributed by atoms with van der Waals surface area (Å²) in [4.78, 5) is 20.5. The van der Waals surface area contributed by atoms with Crippen molar-refractivity contribution >= 4 is 5.91 Å². The second-order valence-corrected chi connectivity index (χ2v) is 11.7. The van der Waals surface area contributed by atoms with Crippen LogP contribution in [0.15, 0.2) is 42.6 Å². The van der Waals surface area contributed by atoms with Crippen molar-refractivity contribution in [1.29, 1.82) is 0 Å². The van der Waals surface area contributed by atoms with Crippen molar-refractivity contribution in [2.75, 3.05) is 13.6 Å². The standard InChI is InChI=1S/C30H34F2N4O/c1-17(2)26(33-4)28(37)36-16-29(10-11-29)14-25(36)27-34-24(15-35(27)5)19-7-9-21-20-8-6-18(3)12-22(20)30(31,32)23(21)13-19/h6-9,12-13,15,17,25-26,33H,10-11,14,16H2,1-5H3/t25-,26-/m0/s1. The zero-order valence-corrected chi connectivity index (χ0v) is 22.1. The molecule has 5 nitrogen and oxygen atoms in total. The van der Waals surface area contributed by atoms with Crippen molar-refractivity contribution < 1.29 is 13.6 Å². The van der Waals surface area contributed by atoms with Crippen LogP contribution in [0.4, 0.5) is 8.78 Å². The number of nitrogens with one attached hydrogen (secondary N) is 1. The maximum atomic E-state index is 15.5. The molecule has 1 spiro atoms. The Morgan fingerprint density at radius 3 is 2.43 bits per heavy atom. The number of alkyl halides is 2. The molecule has 0 unspecified atom stereocenters. The Labute approximate surface area is 216 Å². The summed E-state index contributed by atoms with van der Waals surface area (Å²) in [5.74, 6) is -1.94. The maximum absolute atomic E-state index is 15.5. The SMILES string of the molecule is CN[C@H](C(=O)N1CC2(CC2)C[C@H]1c1nc(-c2ccc3c(c2)C(F)(F)c2cc(C)ccc2-3)cn1C)C(C)C. The molecule has 1 amide bonds. The van der Waals surface area contributed by atoms with E-state index in [-0.39, 0.29) is 40.5 Å². The normalized spacial score (nSPS) is 21.4. The molecule has 7 heteroatoms. The minimum absolute atomic E-state index is 0.0289. The van der Waals surface area contributed by atoms with Crippen molar-refractivity contribution in [3.8, 4) is 22.4 Å². The summed E-state index contributed by atoms with van der Waals surface area (Å²) in [6.45, 7) is 6.70. The number of amides is 1. The maximum Gasteiger partial charge on any atom is 0.299 e. The van der Waals surface area contributed by atoms with Gasteiger partial charge in [-0.15, -0.1) is 0 Å². The fourth-order valence-electron chi connectivity index (χ4n) is 6.40. The highest BCUT2D eigenvalue weighted by Crippen LogP contribution is 2.58. The van der Waals surface area contributed by atoms with Gasteiger partial charge in [0.05, 0.1) is 17.8 Å². The lowest BCUT2D eigenvalue weighted by molar-refractivity contribution is -0.135. The minimum Gasteiger partial charge on any atom is -0.336 e. The molecular formula is C30H34F2N4O. The van der Waals surface area contributed by atoms with Crippen molar-refractivity contribution in [3.05, 3.63) is 65.1 Å². The van der Waals surface area contributed by atoms with Gasteiger partial charge in [0.25, 0.3) is 5.92 Å². The Morgan fingerprint density at radius 1 is 1.11 bits per heavy atom. The Hall–Kier alpha value is -3.06. The third kappa shape index (κ3) is 3.73. The van der Waals surface area contributed by atoms with E-state index >= 15 is 8.78 Å². The van der Waals surface area contributed by atoms with Gasteiger partial charge in [-0.05, 0) is 67.8 Å². The highest BCUT2D eigenvalue weighted by atomic mass is 19.3. The highest BCUT2D eigenvalue weighted by molar-refractivity contribution is 5.84. The molecule has 2 heterocycles. The fraction of sp³-hybridized carbons (Fsp3) is 0.467. The van der Waals surface area contributed by atoms with Crippen LogP contribution < -0.4 is 5.32 Å². The van der Waals surface area contributed by atoms with Crippen molar-refractivity contribution in [1.82, 2.24) is 19.8 Å². The molecule has 2 atom stereocenters. The molecule has 37 heavy (non-hydrogen) atoms. The molecule has 1 aliphatic heterocycles. The van der Waals surface area contributed by atoms with E-state index in [0.29, 0.717) is 22.4 Å². The number of aromatic nitrogens is 2. The molecule has 2 fully saturated rings. The topological polar surface area (TPSA) is 50.2 Å². The Kier molecular flexibility index (Phi) is 5.40. The molecule has 3 aromatic rings. The molecule has 2 aliphatic carbocycles. The summed E-state index contributed by atoms with van der Waals surface area (Å²) in [5.41, 5.74) is 3.61. The number of hydrogen-bond donors (Lipinski definition) is 1. The van der Waals surface area contributed by atoms with Crippen molar-refractivity contribution in [2.24, 2.45) is 18.4 Å². The number of imidazole rings is 1. The summed E-state index contributed by atoms with van der Waals surface area (Å²) in [5, 5.41) is 3.20. The largest absolute Gasteiger partial charge is 0.336 e. The van der Waals surface area contributed by atoms with E-state index in [1.165, 1.54) is 0 Å². The number of aryl methyl sites for hydroxylation is 2. The number of benzene rings is 2. The molecule has 3 aliphatic rings. The molecule has 6 rings (SSSR count). The van der Waals surface area contributed by atoms with Crippen LogP contribution >= 0.6 is 0 Å². The van der Waals surface area contributed by atoms with E-state index < -0.39 is 5.92 Å². The average Bonchev–Trinajstić information content (AvgIpc) is 3.24. The molecule has 194 valence electrons. The first kappa shape index (κ1) is 24.3. The van der Waals surface area contributed by atoms with Gasteiger partial charge in [-0.2, -0.15) is 8.78 Å². The molecule has 0 radical (unpaired) electrons. The average molecular weight is 505 g/mol. The molecule has 1 saturated carbocycles. The van der Waals surface area contributed by atoms with E-state index in [9.17, 15) is 4.79 Å². The number of rotatable bonds is 5. The molecule has 1 saturated heterocycles. The second-order valence-electron chi connectivity index (χ2n) is 11.7. The first-order valence-electron chi connectivity index (χ1n) is 13.2.